The van der Waals surface area contributed by atoms with Crippen LogP contribution in [0.25, 0.3) is 0 Å². The summed E-state index contributed by atoms with van der Waals surface area (Å²) >= 11 is 5.73. The second-order valence-electron chi connectivity index (χ2n) is 3.58. The van der Waals surface area contributed by atoms with Crippen LogP contribution in [0.5, 0.6) is 0 Å². The van der Waals surface area contributed by atoms with Crippen molar-refractivity contribution in [3.05, 3.63) is 34.6 Å². The largest absolute Gasteiger partial charge is 0.388 e. The molecule has 0 heterocycles. The number of hydrogen-bond acceptors (Lipinski definition) is 3. The first-order valence-corrected chi connectivity index (χ1v) is 5.35. The fraction of sp³-hybridized carbons (Fsp3) is 0.364. The molecule has 17 heavy (non-hydrogen) atoms. The molecule has 0 saturated carbocycles. The minimum Gasteiger partial charge on any atom is -0.388 e. The Kier molecular flexibility index (Phi) is 4.86. The second kappa shape index (κ2) is 5.95. The van der Waals surface area contributed by atoms with Crippen LogP contribution in [0, 0.1) is 5.82 Å². The summed E-state index contributed by atoms with van der Waals surface area (Å²) in [5, 5.41) is 21.7. The van der Waals surface area contributed by atoms with E-state index in [0.29, 0.717) is 0 Å². The summed E-state index contributed by atoms with van der Waals surface area (Å²) in [5.74, 6) is -1.05. The average Bonchev–Trinajstić information content (AvgIpc) is 2.25. The van der Waals surface area contributed by atoms with Crippen LogP contribution in [0.2, 0.25) is 5.02 Å². The molecule has 0 fully saturated rings. The number of aliphatic hydroxyl groups is 2. The van der Waals surface area contributed by atoms with Crippen LogP contribution in [-0.4, -0.2) is 28.8 Å². The van der Waals surface area contributed by atoms with Crippen molar-refractivity contribution in [3.8, 4) is 0 Å². The maximum atomic E-state index is 13.4. The van der Waals surface area contributed by atoms with E-state index in [9.17, 15) is 19.4 Å². The predicted molar refractivity (Wildman–Crippen MR) is 61.1 cm³/mol. The highest BCUT2D eigenvalue weighted by molar-refractivity contribution is 6.31. The molecule has 0 spiro atoms. The van der Waals surface area contributed by atoms with Crippen molar-refractivity contribution < 1.29 is 19.4 Å². The SMILES string of the molecule is CC(=O)NCC(O)C(O)c1c(F)cccc1Cl. The summed E-state index contributed by atoms with van der Waals surface area (Å²) in [4.78, 5) is 10.6. The molecule has 0 saturated heterocycles. The van der Waals surface area contributed by atoms with Gasteiger partial charge in [-0.15, -0.1) is 0 Å². The highest BCUT2D eigenvalue weighted by atomic mass is 35.5. The topological polar surface area (TPSA) is 69.6 Å². The molecule has 0 aliphatic rings. The van der Waals surface area contributed by atoms with Gasteiger partial charge in [-0.05, 0) is 12.1 Å². The first-order chi connectivity index (χ1) is 7.93. The number of nitrogens with one attached hydrogen (secondary N) is 1. The molecule has 6 heteroatoms. The molecule has 1 amide bonds. The number of benzene rings is 1. The zero-order valence-electron chi connectivity index (χ0n) is 9.15. The summed E-state index contributed by atoms with van der Waals surface area (Å²) < 4.78 is 13.4. The van der Waals surface area contributed by atoms with Crippen molar-refractivity contribution in [2.24, 2.45) is 0 Å². The van der Waals surface area contributed by atoms with Gasteiger partial charge >= 0.3 is 0 Å². The lowest BCUT2D eigenvalue weighted by molar-refractivity contribution is -0.119. The van der Waals surface area contributed by atoms with Crippen molar-refractivity contribution in [3.63, 3.8) is 0 Å². The Morgan fingerprint density at radius 2 is 2.18 bits per heavy atom. The predicted octanol–water partition coefficient (Wildman–Crippen LogP) is 1.01. The van der Waals surface area contributed by atoms with E-state index >= 15 is 0 Å². The van der Waals surface area contributed by atoms with Crippen LogP contribution in [0.1, 0.15) is 18.6 Å². The normalized spacial score (nSPS) is 14.2. The molecule has 4 nitrogen and oxygen atoms in total. The van der Waals surface area contributed by atoms with Gasteiger partial charge in [-0.3, -0.25) is 4.79 Å². The summed E-state index contributed by atoms with van der Waals surface area (Å²) in [6.45, 7) is 1.09. The highest BCUT2D eigenvalue weighted by Gasteiger charge is 2.24. The van der Waals surface area contributed by atoms with Gasteiger partial charge in [-0.1, -0.05) is 17.7 Å². The van der Waals surface area contributed by atoms with Gasteiger partial charge in [0.15, 0.2) is 0 Å². The maximum absolute atomic E-state index is 13.4. The molecule has 2 atom stereocenters. The molecule has 1 rings (SSSR count). The van der Waals surface area contributed by atoms with Crippen molar-refractivity contribution in [1.82, 2.24) is 5.32 Å². The number of rotatable bonds is 4. The number of amides is 1. The number of carbonyl (C=O) groups is 1. The lowest BCUT2D eigenvalue weighted by Crippen LogP contribution is -2.34. The van der Waals surface area contributed by atoms with E-state index in [2.05, 4.69) is 5.32 Å². The zero-order chi connectivity index (χ0) is 13.0. The zero-order valence-corrected chi connectivity index (χ0v) is 9.91. The average molecular weight is 262 g/mol. The van der Waals surface area contributed by atoms with Crippen LogP contribution in [-0.2, 0) is 4.79 Å². The monoisotopic (exact) mass is 261 g/mol. The van der Waals surface area contributed by atoms with Crippen molar-refractivity contribution in [1.29, 1.82) is 0 Å². The van der Waals surface area contributed by atoms with Gasteiger partial charge in [0.1, 0.15) is 18.0 Å². The van der Waals surface area contributed by atoms with Crippen molar-refractivity contribution in [2.75, 3.05) is 6.54 Å². The van der Waals surface area contributed by atoms with Crippen LogP contribution >= 0.6 is 11.6 Å². The molecule has 0 radical (unpaired) electrons. The van der Waals surface area contributed by atoms with Crippen LogP contribution in [0.3, 0.4) is 0 Å². The van der Waals surface area contributed by atoms with Crippen molar-refractivity contribution in [2.45, 2.75) is 19.1 Å². The molecule has 1 aromatic carbocycles. The van der Waals surface area contributed by atoms with Gasteiger partial charge in [0.25, 0.3) is 0 Å². The van der Waals surface area contributed by atoms with E-state index in [4.69, 9.17) is 11.6 Å². The van der Waals surface area contributed by atoms with E-state index in [1.807, 2.05) is 0 Å². The summed E-state index contributed by atoms with van der Waals surface area (Å²) in [6, 6.07) is 3.94. The fourth-order valence-electron chi connectivity index (χ4n) is 1.35. The first-order valence-electron chi connectivity index (χ1n) is 4.98. The summed E-state index contributed by atoms with van der Waals surface area (Å²) in [7, 11) is 0. The van der Waals surface area contributed by atoms with E-state index in [-0.39, 0.29) is 23.0 Å². The third-order valence-corrected chi connectivity index (χ3v) is 2.55. The Morgan fingerprint density at radius 1 is 1.53 bits per heavy atom. The number of hydrogen-bond donors (Lipinski definition) is 3. The quantitative estimate of drug-likeness (QED) is 0.758. The molecule has 2 unspecified atom stereocenters. The lowest BCUT2D eigenvalue weighted by Gasteiger charge is -2.19. The smallest absolute Gasteiger partial charge is 0.216 e. The number of halogens is 2. The van der Waals surface area contributed by atoms with E-state index < -0.39 is 18.0 Å². The third-order valence-electron chi connectivity index (χ3n) is 2.22. The maximum Gasteiger partial charge on any atom is 0.216 e. The lowest BCUT2D eigenvalue weighted by atomic mass is 10.0. The fourth-order valence-corrected chi connectivity index (χ4v) is 1.62. The van der Waals surface area contributed by atoms with Crippen LogP contribution < -0.4 is 5.32 Å². The molecule has 0 bridgehead atoms. The van der Waals surface area contributed by atoms with Gasteiger partial charge in [0, 0.05) is 24.1 Å². The van der Waals surface area contributed by atoms with Gasteiger partial charge in [-0.25, -0.2) is 4.39 Å². The number of aliphatic hydroxyl groups excluding tert-OH is 2. The third kappa shape index (κ3) is 3.66. The Balaban J connectivity index is 2.81. The Morgan fingerprint density at radius 3 is 2.71 bits per heavy atom. The Labute approximate surface area is 103 Å². The molecule has 1 aromatic rings. The second-order valence-corrected chi connectivity index (χ2v) is 3.99. The molecule has 3 N–H and O–H groups in total. The molecular formula is C11H13ClFNO3. The molecule has 0 aromatic heterocycles. The van der Waals surface area contributed by atoms with E-state index in [1.54, 1.807) is 0 Å². The minimum atomic E-state index is -1.49. The first kappa shape index (κ1) is 13.9. The minimum absolute atomic E-state index is 0.0272. The molecule has 0 aliphatic heterocycles. The van der Waals surface area contributed by atoms with E-state index in [1.165, 1.54) is 19.1 Å². The Bertz CT molecular complexity index is 393. The van der Waals surface area contributed by atoms with Gasteiger partial charge in [0.2, 0.25) is 5.91 Å². The number of carbonyl (C=O) groups excluding carboxylic acids is 1. The van der Waals surface area contributed by atoms with Crippen molar-refractivity contribution >= 4 is 17.5 Å². The molecule has 94 valence electrons. The van der Waals surface area contributed by atoms with E-state index in [0.717, 1.165) is 6.07 Å². The van der Waals surface area contributed by atoms with Gasteiger partial charge in [-0.2, -0.15) is 0 Å². The van der Waals surface area contributed by atoms with Crippen LogP contribution in [0.15, 0.2) is 18.2 Å². The molecule has 0 aliphatic carbocycles. The highest BCUT2D eigenvalue weighted by Crippen LogP contribution is 2.27. The molecular weight excluding hydrogens is 249 g/mol. The summed E-state index contributed by atoms with van der Waals surface area (Å²) in [5.41, 5.74) is -0.174. The van der Waals surface area contributed by atoms with Crippen LogP contribution in [0.4, 0.5) is 4.39 Å². The summed E-state index contributed by atoms with van der Waals surface area (Å²) in [6.07, 6.45) is -2.82. The van der Waals surface area contributed by atoms with Gasteiger partial charge < -0.3 is 15.5 Å². The van der Waals surface area contributed by atoms with Gasteiger partial charge in [0.05, 0.1) is 0 Å². The Hall–Kier alpha value is -1.17. The standard InChI is InChI=1S/C11H13ClFNO3/c1-6(15)14-5-9(16)11(17)10-7(12)3-2-4-8(10)13/h2-4,9,11,16-17H,5H2,1H3,(H,14,15).